The van der Waals surface area contributed by atoms with Crippen LogP contribution in [0.15, 0.2) is 96.3 Å². The highest BCUT2D eigenvalue weighted by atomic mass is 16.6. The van der Waals surface area contributed by atoms with Crippen molar-refractivity contribution in [1.29, 1.82) is 0 Å². The number of allylic oxidation sites excluding steroid dienone is 1. The van der Waals surface area contributed by atoms with Gasteiger partial charge in [-0.25, -0.2) is 0 Å². The summed E-state index contributed by atoms with van der Waals surface area (Å²) in [6.07, 6.45) is 2.88. The zero-order valence-electron chi connectivity index (χ0n) is 17.7. The second kappa shape index (κ2) is 8.92. The molecule has 0 saturated carbocycles. The first-order valence-electron chi connectivity index (χ1n) is 10.2. The fourth-order valence-corrected chi connectivity index (χ4v) is 3.89. The van der Waals surface area contributed by atoms with Gasteiger partial charge in [0.15, 0.2) is 11.5 Å². The molecule has 3 aromatic rings. The molecule has 0 radical (unpaired) electrons. The van der Waals surface area contributed by atoms with Crippen molar-refractivity contribution in [3.05, 3.63) is 123 Å². The number of nitrogens with zero attached hydrogens (tertiary/aromatic N) is 2. The lowest BCUT2D eigenvalue weighted by molar-refractivity contribution is -0.384. The molecule has 33 heavy (non-hydrogen) atoms. The lowest BCUT2D eigenvalue weighted by Crippen LogP contribution is -2.31. The Morgan fingerprint density at radius 3 is 2.42 bits per heavy atom. The van der Waals surface area contributed by atoms with Crippen LogP contribution in [-0.2, 0) is 9.59 Å². The van der Waals surface area contributed by atoms with Gasteiger partial charge in [-0.05, 0) is 35.8 Å². The maximum atomic E-state index is 13.2. The summed E-state index contributed by atoms with van der Waals surface area (Å²) in [6.45, 7) is 1.80. The lowest BCUT2D eigenvalue weighted by atomic mass is 9.94. The number of hydrogen-bond donors (Lipinski definition) is 1. The van der Waals surface area contributed by atoms with E-state index in [1.54, 1.807) is 37.3 Å². The maximum absolute atomic E-state index is 13.2. The monoisotopic (exact) mass is 440 g/mol. The number of nitro groups is 1. The molecule has 3 aromatic carbocycles. The number of rotatable bonds is 6. The molecule has 0 unspecified atom stereocenters. The van der Waals surface area contributed by atoms with Crippen LogP contribution < -0.4 is 4.90 Å². The predicted octanol–water partition coefficient (Wildman–Crippen LogP) is 5.09. The topological polar surface area (TPSA) is 101 Å². The molecule has 0 fully saturated rings. The number of aryl methyl sites for hydroxylation is 1. The van der Waals surface area contributed by atoms with Crippen LogP contribution in [0.3, 0.4) is 0 Å². The minimum atomic E-state index is -1.02. The number of anilines is 1. The van der Waals surface area contributed by atoms with E-state index < -0.39 is 28.4 Å². The summed E-state index contributed by atoms with van der Waals surface area (Å²) in [4.78, 5) is 38.5. The third kappa shape index (κ3) is 4.16. The number of ketones is 1. The van der Waals surface area contributed by atoms with E-state index >= 15 is 0 Å². The summed E-state index contributed by atoms with van der Waals surface area (Å²) in [5, 5.41) is 22.1. The van der Waals surface area contributed by atoms with Gasteiger partial charge in [0.2, 0.25) is 0 Å². The SMILES string of the molecule is Cc1ccccc1N1C(=O)C(O)=C(C(=O)/C=C/c2ccccc2)[C@H]1c1cccc([N+](=O)[O-])c1. The smallest absolute Gasteiger partial charge is 0.294 e. The summed E-state index contributed by atoms with van der Waals surface area (Å²) in [5.74, 6) is -1.97. The fourth-order valence-electron chi connectivity index (χ4n) is 3.89. The Bertz CT molecular complexity index is 1310. The van der Waals surface area contributed by atoms with Crippen molar-refractivity contribution in [3.63, 3.8) is 0 Å². The number of aliphatic hydroxyl groups excluding tert-OH is 1. The minimum Gasteiger partial charge on any atom is -0.503 e. The Labute approximate surface area is 190 Å². The van der Waals surface area contributed by atoms with Crippen molar-refractivity contribution in [2.75, 3.05) is 4.90 Å². The standard InChI is InChI=1S/C26H20N2O5/c1-17-8-5-6-13-21(17)27-24(19-11-7-12-20(16-19)28(32)33)23(25(30)26(27)31)22(29)15-14-18-9-3-2-4-10-18/h2-16,24,30H,1H3/b15-14+/t24-/m1/s1. The molecule has 0 aromatic heterocycles. The van der Waals surface area contributed by atoms with Crippen molar-refractivity contribution in [1.82, 2.24) is 0 Å². The summed E-state index contributed by atoms with van der Waals surface area (Å²) in [7, 11) is 0. The number of carbonyl (C=O) groups is 2. The van der Waals surface area contributed by atoms with E-state index in [0.717, 1.165) is 11.1 Å². The number of nitro benzene ring substituents is 1. The Morgan fingerprint density at radius 2 is 1.73 bits per heavy atom. The van der Waals surface area contributed by atoms with E-state index in [0.29, 0.717) is 11.3 Å². The number of amides is 1. The zero-order chi connectivity index (χ0) is 23.5. The molecule has 0 spiro atoms. The summed E-state index contributed by atoms with van der Waals surface area (Å²) >= 11 is 0. The van der Waals surface area contributed by atoms with Crippen molar-refractivity contribution in [2.24, 2.45) is 0 Å². The third-order valence-corrected chi connectivity index (χ3v) is 5.47. The first-order chi connectivity index (χ1) is 15.9. The zero-order valence-corrected chi connectivity index (χ0v) is 17.7. The maximum Gasteiger partial charge on any atom is 0.294 e. The Kier molecular flexibility index (Phi) is 5.87. The lowest BCUT2D eigenvalue weighted by Gasteiger charge is -2.28. The second-order valence-electron chi connectivity index (χ2n) is 7.59. The summed E-state index contributed by atoms with van der Waals surface area (Å²) in [6, 6.07) is 20.9. The van der Waals surface area contributed by atoms with Crippen molar-refractivity contribution >= 4 is 29.1 Å². The molecule has 1 amide bonds. The van der Waals surface area contributed by atoms with E-state index in [2.05, 4.69) is 0 Å². The van der Waals surface area contributed by atoms with Gasteiger partial charge < -0.3 is 5.11 Å². The van der Waals surface area contributed by atoms with E-state index in [1.165, 1.54) is 29.2 Å². The molecular weight excluding hydrogens is 420 g/mol. The molecule has 1 heterocycles. The third-order valence-electron chi connectivity index (χ3n) is 5.47. The van der Waals surface area contributed by atoms with Crippen LogP contribution >= 0.6 is 0 Å². The van der Waals surface area contributed by atoms with Gasteiger partial charge in [-0.15, -0.1) is 0 Å². The Morgan fingerprint density at radius 1 is 1.03 bits per heavy atom. The quantitative estimate of drug-likeness (QED) is 0.327. The first-order valence-corrected chi connectivity index (χ1v) is 10.2. The molecule has 4 rings (SSSR count). The largest absolute Gasteiger partial charge is 0.503 e. The highest BCUT2D eigenvalue weighted by molar-refractivity contribution is 6.20. The number of carbonyl (C=O) groups excluding carboxylic acids is 2. The van der Waals surface area contributed by atoms with E-state index in [4.69, 9.17) is 0 Å². The molecular formula is C26H20N2O5. The van der Waals surface area contributed by atoms with Crippen LogP contribution in [0.4, 0.5) is 11.4 Å². The van der Waals surface area contributed by atoms with Crippen LogP contribution in [0.25, 0.3) is 6.08 Å². The van der Waals surface area contributed by atoms with Gasteiger partial charge in [0, 0.05) is 17.8 Å². The van der Waals surface area contributed by atoms with Gasteiger partial charge in [-0.2, -0.15) is 0 Å². The molecule has 0 saturated heterocycles. The van der Waals surface area contributed by atoms with Gasteiger partial charge in [0.25, 0.3) is 11.6 Å². The molecule has 1 aliphatic rings. The average molecular weight is 440 g/mol. The highest BCUT2D eigenvalue weighted by Gasteiger charge is 2.44. The number of benzene rings is 3. The average Bonchev–Trinajstić information content (AvgIpc) is 3.09. The first kappa shape index (κ1) is 21.7. The summed E-state index contributed by atoms with van der Waals surface area (Å²) < 4.78 is 0. The molecule has 164 valence electrons. The van der Waals surface area contributed by atoms with Gasteiger partial charge in [-0.1, -0.05) is 66.7 Å². The van der Waals surface area contributed by atoms with Gasteiger partial charge in [0.1, 0.15) is 0 Å². The van der Waals surface area contributed by atoms with Gasteiger partial charge in [0.05, 0.1) is 16.5 Å². The highest BCUT2D eigenvalue weighted by Crippen LogP contribution is 2.42. The van der Waals surface area contributed by atoms with E-state index in [-0.39, 0.29) is 11.3 Å². The van der Waals surface area contributed by atoms with Crippen molar-refractivity contribution < 1.29 is 19.6 Å². The van der Waals surface area contributed by atoms with E-state index in [9.17, 15) is 24.8 Å². The molecule has 7 nitrogen and oxygen atoms in total. The van der Waals surface area contributed by atoms with Crippen LogP contribution in [-0.4, -0.2) is 21.7 Å². The molecule has 0 bridgehead atoms. The van der Waals surface area contributed by atoms with E-state index in [1.807, 2.05) is 36.4 Å². The molecule has 0 aliphatic carbocycles. The van der Waals surface area contributed by atoms with Crippen LogP contribution in [0.2, 0.25) is 0 Å². The normalized spacial score (nSPS) is 16.0. The van der Waals surface area contributed by atoms with Crippen molar-refractivity contribution in [2.45, 2.75) is 13.0 Å². The Hall–Kier alpha value is -4.52. The Balaban J connectivity index is 1.84. The number of para-hydroxylation sites is 1. The van der Waals surface area contributed by atoms with Crippen molar-refractivity contribution in [3.8, 4) is 0 Å². The van der Waals surface area contributed by atoms with Crippen LogP contribution in [0.5, 0.6) is 0 Å². The minimum absolute atomic E-state index is 0.129. The summed E-state index contributed by atoms with van der Waals surface area (Å²) in [5.41, 5.74) is 2.07. The number of non-ortho nitro benzene ring substituents is 1. The number of hydrogen-bond acceptors (Lipinski definition) is 5. The van der Waals surface area contributed by atoms with Gasteiger partial charge in [-0.3, -0.25) is 24.6 Å². The van der Waals surface area contributed by atoms with Crippen LogP contribution in [0, 0.1) is 17.0 Å². The molecule has 1 N–H and O–H groups in total. The van der Waals surface area contributed by atoms with Crippen LogP contribution in [0.1, 0.15) is 22.7 Å². The second-order valence-corrected chi connectivity index (χ2v) is 7.59. The molecule has 7 heteroatoms. The number of aliphatic hydroxyl groups is 1. The van der Waals surface area contributed by atoms with Gasteiger partial charge >= 0.3 is 0 Å². The fraction of sp³-hybridized carbons (Fsp3) is 0.0769. The molecule has 1 atom stereocenters. The molecule has 1 aliphatic heterocycles. The predicted molar refractivity (Wildman–Crippen MR) is 125 cm³/mol.